The molecule has 7 nitrogen and oxygen atoms in total. The van der Waals surface area contributed by atoms with Gasteiger partial charge in [0.25, 0.3) is 0 Å². The maximum atomic E-state index is 5.24. The zero-order chi connectivity index (χ0) is 13.4. The Kier molecular flexibility index (Phi) is 2.55. The minimum Gasteiger partial charge on any atom is -0.338 e. The van der Waals surface area contributed by atoms with Crippen molar-refractivity contribution in [3.63, 3.8) is 0 Å². The Hall–Kier alpha value is -2.57. The number of hydrogen-bond acceptors (Lipinski definition) is 6. The predicted octanol–water partition coefficient (Wildman–Crippen LogP) is 1.72. The first-order valence-corrected chi connectivity index (χ1v) is 6.52. The smallest absolute Gasteiger partial charge is 0.234 e. The number of rotatable bonds is 4. The van der Waals surface area contributed by atoms with E-state index in [4.69, 9.17) is 4.52 Å². The largest absolute Gasteiger partial charge is 0.338 e. The van der Waals surface area contributed by atoms with Crippen molar-refractivity contribution in [3.05, 3.63) is 42.1 Å². The molecule has 1 saturated carbocycles. The number of nitrogens with zero attached hydrogens (tertiary/aromatic N) is 5. The van der Waals surface area contributed by atoms with E-state index in [-0.39, 0.29) is 0 Å². The van der Waals surface area contributed by atoms with Gasteiger partial charge in [0.2, 0.25) is 11.7 Å². The molecule has 0 aromatic carbocycles. The molecule has 0 bridgehead atoms. The molecule has 3 aromatic rings. The van der Waals surface area contributed by atoms with Gasteiger partial charge in [-0.05, 0) is 25.0 Å². The Morgan fingerprint density at radius 1 is 1.20 bits per heavy atom. The van der Waals surface area contributed by atoms with E-state index in [1.54, 1.807) is 12.4 Å². The summed E-state index contributed by atoms with van der Waals surface area (Å²) < 4.78 is 5.24. The van der Waals surface area contributed by atoms with Crippen molar-refractivity contribution < 1.29 is 4.52 Å². The van der Waals surface area contributed by atoms with Gasteiger partial charge in [-0.2, -0.15) is 10.1 Å². The van der Waals surface area contributed by atoms with Crippen LogP contribution in [0.4, 0.5) is 0 Å². The summed E-state index contributed by atoms with van der Waals surface area (Å²) in [5, 5.41) is 11.1. The third-order valence-electron chi connectivity index (χ3n) is 3.22. The molecule has 0 radical (unpaired) electrons. The van der Waals surface area contributed by atoms with E-state index >= 15 is 0 Å². The van der Waals surface area contributed by atoms with Crippen molar-refractivity contribution in [2.75, 3.05) is 0 Å². The lowest BCUT2D eigenvalue weighted by molar-refractivity contribution is 0.384. The van der Waals surface area contributed by atoms with Crippen molar-refractivity contribution in [1.82, 2.24) is 30.3 Å². The maximum Gasteiger partial charge on any atom is 0.234 e. The van der Waals surface area contributed by atoms with Crippen LogP contribution in [0.5, 0.6) is 0 Å². The van der Waals surface area contributed by atoms with E-state index in [9.17, 15) is 0 Å². The minimum atomic E-state index is 0.470. The molecule has 0 aliphatic heterocycles. The molecule has 0 unspecified atom stereocenters. The number of hydrogen-bond donors (Lipinski definition) is 1. The van der Waals surface area contributed by atoms with E-state index in [0.717, 1.165) is 17.2 Å². The average Bonchev–Trinajstić information content (AvgIpc) is 3.06. The number of nitrogens with one attached hydrogen (secondary N) is 1. The van der Waals surface area contributed by atoms with Crippen LogP contribution in [0.3, 0.4) is 0 Å². The average molecular weight is 268 g/mol. The van der Waals surface area contributed by atoms with Crippen molar-refractivity contribution in [3.8, 4) is 11.4 Å². The van der Waals surface area contributed by atoms with Gasteiger partial charge in [-0.25, -0.2) is 4.98 Å². The highest BCUT2D eigenvalue weighted by molar-refractivity contribution is 5.52. The van der Waals surface area contributed by atoms with Gasteiger partial charge in [0.05, 0.1) is 6.42 Å². The lowest BCUT2D eigenvalue weighted by Crippen LogP contribution is -1.91. The predicted molar refractivity (Wildman–Crippen MR) is 68.7 cm³/mol. The van der Waals surface area contributed by atoms with Crippen LogP contribution >= 0.6 is 0 Å². The van der Waals surface area contributed by atoms with Gasteiger partial charge in [-0.15, -0.1) is 0 Å². The Morgan fingerprint density at radius 2 is 2.05 bits per heavy atom. The Balaban J connectivity index is 1.52. The molecule has 4 rings (SSSR count). The van der Waals surface area contributed by atoms with E-state index in [2.05, 4.69) is 30.3 Å². The van der Waals surface area contributed by atoms with Gasteiger partial charge in [-0.1, -0.05) is 5.16 Å². The second kappa shape index (κ2) is 4.52. The Bertz CT molecular complexity index is 715. The van der Waals surface area contributed by atoms with E-state index in [1.807, 2.05) is 12.1 Å². The summed E-state index contributed by atoms with van der Waals surface area (Å²) in [4.78, 5) is 12.8. The van der Waals surface area contributed by atoms with E-state index < -0.39 is 0 Å². The molecule has 0 atom stereocenters. The number of aromatic amines is 1. The molecular formula is C13H12N6O. The zero-order valence-corrected chi connectivity index (χ0v) is 10.7. The van der Waals surface area contributed by atoms with Gasteiger partial charge in [0, 0.05) is 23.9 Å². The highest BCUT2D eigenvalue weighted by Gasteiger charge is 2.27. The SMILES string of the molecule is c1cc(-c2noc(Cc3nc(C4CC4)n[nH]3)n2)ccn1. The van der Waals surface area contributed by atoms with Crippen LogP contribution in [0, 0.1) is 0 Å². The summed E-state index contributed by atoms with van der Waals surface area (Å²) in [7, 11) is 0. The maximum absolute atomic E-state index is 5.24. The van der Waals surface area contributed by atoms with Crippen molar-refractivity contribution >= 4 is 0 Å². The molecule has 20 heavy (non-hydrogen) atoms. The van der Waals surface area contributed by atoms with Crippen LogP contribution in [-0.2, 0) is 6.42 Å². The second-order valence-electron chi connectivity index (χ2n) is 4.84. The fourth-order valence-electron chi connectivity index (χ4n) is 2.00. The fraction of sp³-hybridized carbons (Fsp3) is 0.308. The topological polar surface area (TPSA) is 93.4 Å². The molecule has 1 aliphatic carbocycles. The number of pyridine rings is 1. The lowest BCUT2D eigenvalue weighted by atomic mass is 10.2. The molecule has 100 valence electrons. The summed E-state index contributed by atoms with van der Waals surface area (Å²) in [5.74, 6) is 3.28. The Morgan fingerprint density at radius 3 is 2.85 bits per heavy atom. The molecule has 1 fully saturated rings. The van der Waals surface area contributed by atoms with Crippen LogP contribution in [0.15, 0.2) is 29.0 Å². The first-order chi connectivity index (χ1) is 9.88. The van der Waals surface area contributed by atoms with Crippen LogP contribution in [0.2, 0.25) is 0 Å². The Labute approximate surface area is 114 Å². The van der Waals surface area contributed by atoms with Crippen molar-refractivity contribution in [2.24, 2.45) is 0 Å². The first-order valence-electron chi connectivity index (χ1n) is 6.52. The lowest BCUT2D eigenvalue weighted by Gasteiger charge is -1.90. The highest BCUT2D eigenvalue weighted by atomic mass is 16.5. The molecule has 7 heteroatoms. The van der Waals surface area contributed by atoms with Crippen molar-refractivity contribution in [2.45, 2.75) is 25.2 Å². The highest BCUT2D eigenvalue weighted by Crippen LogP contribution is 2.37. The van der Waals surface area contributed by atoms with Crippen LogP contribution < -0.4 is 0 Å². The van der Waals surface area contributed by atoms with Gasteiger partial charge in [0.15, 0.2) is 5.82 Å². The monoisotopic (exact) mass is 268 g/mol. The molecular weight excluding hydrogens is 256 g/mol. The molecule has 0 saturated heterocycles. The quantitative estimate of drug-likeness (QED) is 0.774. The normalized spacial score (nSPS) is 14.6. The van der Waals surface area contributed by atoms with Crippen molar-refractivity contribution in [1.29, 1.82) is 0 Å². The summed E-state index contributed by atoms with van der Waals surface area (Å²) in [6.07, 6.45) is 6.24. The third-order valence-corrected chi connectivity index (χ3v) is 3.22. The molecule has 0 spiro atoms. The summed E-state index contributed by atoms with van der Waals surface area (Å²) in [6.45, 7) is 0. The summed E-state index contributed by atoms with van der Waals surface area (Å²) in [6, 6.07) is 3.68. The number of H-pyrrole nitrogens is 1. The van der Waals surface area contributed by atoms with Crippen LogP contribution in [0.1, 0.15) is 36.3 Å². The van der Waals surface area contributed by atoms with Gasteiger partial charge < -0.3 is 4.52 Å². The van der Waals surface area contributed by atoms with Gasteiger partial charge >= 0.3 is 0 Å². The molecule has 3 aromatic heterocycles. The van der Waals surface area contributed by atoms with Crippen LogP contribution in [0.25, 0.3) is 11.4 Å². The molecule has 1 N–H and O–H groups in total. The fourth-order valence-corrected chi connectivity index (χ4v) is 2.00. The molecule has 3 heterocycles. The van der Waals surface area contributed by atoms with Crippen LogP contribution in [-0.4, -0.2) is 30.3 Å². The minimum absolute atomic E-state index is 0.470. The van der Waals surface area contributed by atoms with E-state index in [1.165, 1.54) is 12.8 Å². The second-order valence-corrected chi connectivity index (χ2v) is 4.84. The molecule has 1 aliphatic rings. The summed E-state index contributed by atoms with van der Waals surface area (Å²) in [5.41, 5.74) is 0.881. The molecule has 0 amide bonds. The van der Waals surface area contributed by atoms with E-state index in [0.29, 0.717) is 24.1 Å². The van der Waals surface area contributed by atoms with Gasteiger partial charge in [0.1, 0.15) is 5.82 Å². The third kappa shape index (κ3) is 2.18. The van der Waals surface area contributed by atoms with Gasteiger partial charge in [-0.3, -0.25) is 10.1 Å². The summed E-state index contributed by atoms with van der Waals surface area (Å²) >= 11 is 0. The standard InChI is InChI=1S/C13H12N6O/c1-2-8(1)12-15-10(17-18-12)7-11-16-13(19-20-11)9-3-5-14-6-4-9/h3-6,8H,1-2,7H2,(H,15,17,18). The first kappa shape index (κ1) is 11.3. The number of aromatic nitrogens is 6. The zero-order valence-electron chi connectivity index (χ0n) is 10.7.